The van der Waals surface area contributed by atoms with Crippen LogP contribution in [0.3, 0.4) is 0 Å². The Kier molecular flexibility index (Phi) is 13.0. The van der Waals surface area contributed by atoms with E-state index in [-0.39, 0.29) is 27.1 Å². The van der Waals surface area contributed by atoms with E-state index in [0.29, 0.717) is 0 Å². The summed E-state index contributed by atoms with van der Waals surface area (Å²) < 4.78 is 14.1. The second-order valence-electron chi connectivity index (χ2n) is 24.8. The summed E-state index contributed by atoms with van der Waals surface area (Å²) in [4.78, 5) is 5.04. The summed E-state index contributed by atoms with van der Waals surface area (Å²) >= 11 is 0. The van der Waals surface area contributed by atoms with Crippen LogP contribution < -0.4 is 9.30 Å². The third-order valence-electron chi connectivity index (χ3n) is 16.2. The lowest BCUT2D eigenvalue weighted by atomic mass is 9.73. The Labute approximate surface area is 462 Å². The van der Waals surface area contributed by atoms with Gasteiger partial charge in [0, 0.05) is 39.3 Å². The smallest absolute Gasteiger partial charge is 0.269 e. The zero-order chi connectivity index (χ0) is 54.8. The highest BCUT2D eigenvalue weighted by atomic mass is 16.5. The van der Waals surface area contributed by atoms with Crippen LogP contribution in [0.1, 0.15) is 128 Å². The average molecular weight is 1020 g/mol. The molecule has 0 aliphatic rings. The maximum Gasteiger partial charge on any atom is 0.269 e. The van der Waals surface area contributed by atoms with E-state index in [1.807, 2.05) is 6.20 Å². The summed E-state index contributed by atoms with van der Waals surface area (Å²) in [6, 6.07) is 76.5. The van der Waals surface area contributed by atoms with Gasteiger partial charge in [-0.1, -0.05) is 229 Å². The number of pyridine rings is 1. The number of aromatic nitrogens is 4. The van der Waals surface area contributed by atoms with Crippen molar-refractivity contribution in [2.24, 2.45) is 0 Å². The third kappa shape index (κ3) is 9.54. The summed E-state index contributed by atoms with van der Waals surface area (Å²) in [6.07, 6.45) is 6.00. The van der Waals surface area contributed by atoms with Crippen LogP contribution in [0.4, 0.5) is 0 Å². The molecule has 0 atom stereocenters. The lowest BCUT2D eigenvalue weighted by Gasteiger charge is -2.33. The highest BCUT2D eigenvalue weighted by Gasteiger charge is 2.36. The standard InChI is InChI=1S/C73H72N4O/c1-69(2,3)67-68(70(4,5)6)76(59-44-56(72(9,10)53-31-21-15-22-32-53)43-57(45-59)73(11,12)54-33-23-16-24-34-54)49-75(67)58-41-51(50-27-17-13-18-28-50)42-61(47-58)78-60-37-38-63-62-35-25-26-36-64(62)77(65(63)48-60)66-46-55(39-40-74-66)71(7,8)52-29-19-14-20-30-52/h13-48H,1-12H3. The minimum absolute atomic E-state index is 0.240. The molecule has 11 rings (SSSR count). The van der Waals surface area contributed by atoms with Crippen LogP contribution in [0, 0.1) is 6.33 Å². The second-order valence-corrected chi connectivity index (χ2v) is 24.8. The highest BCUT2D eigenvalue weighted by molar-refractivity contribution is 6.09. The minimum atomic E-state index is -0.304. The molecule has 0 saturated heterocycles. The van der Waals surface area contributed by atoms with Crippen molar-refractivity contribution in [1.82, 2.24) is 14.1 Å². The molecule has 0 N–H and O–H groups in total. The molecule has 0 spiro atoms. The van der Waals surface area contributed by atoms with Crippen LogP contribution in [0.15, 0.2) is 219 Å². The Morgan fingerprint density at radius 1 is 0.410 bits per heavy atom. The van der Waals surface area contributed by atoms with E-state index >= 15 is 0 Å². The van der Waals surface area contributed by atoms with Crippen molar-refractivity contribution < 1.29 is 9.30 Å². The van der Waals surface area contributed by atoms with E-state index < -0.39 is 0 Å². The molecular formula is C73H72N4O. The number of benzene rings is 8. The first-order valence-corrected chi connectivity index (χ1v) is 27.5. The normalized spacial score (nSPS) is 12.6. The molecule has 0 saturated carbocycles. The fraction of sp³-hybridized carbons (Fsp3) is 0.233. The van der Waals surface area contributed by atoms with Crippen molar-refractivity contribution in [2.45, 2.75) is 110 Å². The third-order valence-corrected chi connectivity index (χ3v) is 16.2. The number of nitrogens with zero attached hydrogens (tertiary/aromatic N) is 4. The van der Waals surface area contributed by atoms with Gasteiger partial charge in [0.15, 0.2) is 0 Å². The van der Waals surface area contributed by atoms with E-state index in [1.165, 1.54) is 44.8 Å². The Balaban J connectivity index is 1.09. The van der Waals surface area contributed by atoms with Gasteiger partial charge in [-0.15, -0.1) is 0 Å². The fourth-order valence-electron chi connectivity index (χ4n) is 11.6. The first-order valence-electron chi connectivity index (χ1n) is 27.5. The molecule has 11 aromatic rings. The molecule has 0 aliphatic carbocycles. The zero-order valence-electron chi connectivity index (χ0n) is 47.5. The van der Waals surface area contributed by atoms with Crippen molar-refractivity contribution in [2.75, 3.05) is 0 Å². The van der Waals surface area contributed by atoms with Gasteiger partial charge >= 0.3 is 0 Å². The molecule has 0 fully saturated rings. The molecule has 3 aromatic heterocycles. The van der Waals surface area contributed by atoms with Gasteiger partial charge < -0.3 is 4.74 Å². The van der Waals surface area contributed by atoms with Gasteiger partial charge in [-0.2, -0.15) is 0 Å². The molecule has 0 radical (unpaired) electrons. The van der Waals surface area contributed by atoms with Crippen molar-refractivity contribution in [3.05, 3.63) is 270 Å². The SMILES string of the molecule is CC(C)(C)c1c(C(C)(C)C)[n+](-c2cc(C(C)(C)c3ccccc3)cc(C(C)(C)c3ccccc3)c2)[c-]n1-c1cc(Oc2ccc3c4ccccc4n(-c4cc(C(C)(C)c5ccccc5)ccn4)c3c2)cc(-c2ccccc2)c1. The van der Waals surface area contributed by atoms with Gasteiger partial charge in [-0.3, -0.25) is 13.7 Å². The van der Waals surface area contributed by atoms with Crippen molar-refractivity contribution in [1.29, 1.82) is 0 Å². The van der Waals surface area contributed by atoms with Gasteiger partial charge in [0.05, 0.1) is 33.8 Å². The van der Waals surface area contributed by atoms with Crippen molar-refractivity contribution in [3.63, 3.8) is 0 Å². The molecule has 5 heteroatoms. The number of hydrogen-bond donors (Lipinski definition) is 0. The van der Waals surface area contributed by atoms with Gasteiger partial charge in [0.25, 0.3) is 6.33 Å². The number of ether oxygens (including phenoxy) is 1. The average Bonchev–Trinajstić information content (AvgIpc) is 4.25. The predicted molar refractivity (Wildman–Crippen MR) is 323 cm³/mol. The first-order chi connectivity index (χ1) is 37.2. The van der Waals surface area contributed by atoms with Crippen LogP contribution >= 0.6 is 0 Å². The first kappa shape index (κ1) is 51.8. The predicted octanol–water partition coefficient (Wildman–Crippen LogP) is 18.1. The maximum absolute atomic E-state index is 7.17. The number of fused-ring (bicyclic) bond motifs is 3. The number of hydrogen-bond acceptors (Lipinski definition) is 2. The monoisotopic (exact) mass is 1020 g/mol. The summed E-state index contributed by atoms with van der Waals surface area (Å²) in [5, 5.41) is 2.29. The fourth-order valence-corrected chi connectivity index (χ4v) is 11.6. The molecule has 3 heterocycles. The number of imidazole rings is 1. The van der Waals surface area contributed by atoms with Gasteiger partial charge in [0.1, 0.15) is 17.3 Å². The Bertz CT molecular complexity index is 3890. The van der Waals surface area contributed by atoms with Crippen LogP contribution in [-0.2, 0) is 27.1 Å². The number of rotatable bonds is 12. The van der Waals surface area contributed by atoms with E-state index in [9.17, 15) is 0 Å². The second kappa shape index (κ2) is 19.6. The largest absolute Gasteiger partial charge is 0.458 e. The van der Waals surface area contributed by atoms with Crippen LogP contribution in [0.2, 0.25) is 0 Å². The van der Waals surface area contributed by atoms with Crippen molar-refractivity contribution in [3.8, 4) is 39.8 Å². The highest BCUT2D eigenvalue weighted by Crippen LogP contribution is 2.43. The molecule has 0 bridgehead atoms. The zero-order valence-corrected chi connectivity index (χ0v) is 47.5. The lowest BCUT2D eigenvalue weighted by Crippen LogP contribution is -2.41. The molecule has 390 valence electrons. The molecule has 0 unspecified atom stereocenters. The topological polar surface area (TPSA) is 35.9 Å². The summed E-state index contributed by atoms with van der Waals surface area (Å²) in [5.41, 5.74) is 14.7. The summed E-state index contributed by atoms with van der Waals surface area (Å²) in [5.74, 6) is 2.31. The Hall–Kier alpha value is -8.28. The van der Waals surface area contributed by atoms with Gasteiger partial charge in [-0.25, -0.2) is 4.98 Å². The Morgan fingerprint density at radius 2 is 0.936 bits per heavy atom. The van der Waals surface area contributed by atoms with Crippen LogP contribution in [0.5, 0.6) is 11.5 Å². The van der Waals surface area contributed by atoms with Crippen LogP contribution in [-0.4, -0.2) is 14.1 Å². The maximum atomic E-state index is 7.17. The van der Waals surface area contributed by atoms with Gasteiger partial charge in [0.2, 0.25) is 0 Å². The van der Waals surface area contributed by atoms with E-state index in [4.69, 9.17) is 9.72 Å². The Morgan fingerprint density at radius 3 is 1.50 bits per heavy atom. The van der Waals surface area contributed by atoms with E-state index in [0.717, 1.165) is 61.6 Å². The summed E-state index contributed by atoms with van der Waals surface area (Å²) in [6.45, 7) is 27.9. The quantitative estimate of drug-likeness (QED) is 0.0903. The molecule has 0 aliphatic heterocycles. The van der Waals surface area contributed by atoms with E-state index in [2.05, 4.69) is 315 Å². The minimum Gasteiger partial charge on any atom is -0.458 e. The van der Waals surface area contributed by atoms with Crippen LogP contribution in [0.25, 0.3) is 50.1 Å². The lowest BCUT2D eigenvalue weighted by molar-refractivity contribution is -0.611. The van der Waals surface area contributed by atoms with Gasteiger partial charge in [-0.05, 0) is 116 Å². The molecule has 8 aromatic carbocycles. The van der Waals surface area contributed by atoms with Crippen molar-refractivity contribution >= 4 is 21.8 Å². The summed E-state index contributed by atoms with van der Waals surface area (Å²) in [7, 11) is 0. The van der Waals surface area contributed by atoms with E-state index in [1.54, 1.807) is 0 Å². The molecular weight excluding hydrogens is 949 g/mol. The molecule has 78 heavy (non-hydrogen) atoms. The molecule has 5 nitrogen and oxygen atoms in total. The molecule has 0 amide bonds. The number of para-hydroxylation sites is 1.